The molecule has 1 aromatic heterocycles. The van der Waals surface area contributed by atoms with Gasteiger partial charge in [-0.05, 0) is 12.5 Å². The molecule has 0 bridgehead atoms. The first-order chi connectivity index (χ1) is 6.67. The van der Waals surface area contributed by atoms with Crippen LogP contribution in [0.4, 0.5) is 5.88 Å². The molecule has 0 saturated carbocycles. The van der Waals surface area contributed by atoms with Crippen molar-refractivity contribution in [3.8, 4) is 12.3 Å². The Balaban J connectivity index is 2.69. The molecule has 1 unspecified atom stereocenters. The summed E-state index contributed by atoms with van der Waals surface area (Å²) in [5.41, 5.74) is 0. The molecule has 0 aliphatic carbocycles. The second kappa shape index (κ2) is 4.38. The van der Waals surface area contributed by atoms with Crippen LogP contribution in [0.1, 0.15) is 23.9 Å². The molecule has 1 atom stereocenters. The SMILES string of the molecule is C#CC(CC)Nc1ccc(C(=O)O)o1. The summed E-state index contributed by atoms with van der Waals surface area (Å²) in [6.45, 7) is 1.93. The predicted molar refractivity (Wildman–Crippen MR) is 52.2 cm³/mol. The summed E-state index contributed by atoms with van der Waals surface area (Å²) in [6, 6.07) is 2.79. The van der Waals surface area contributed by atoms with Gasteiger partial charge in [0.2, 0.25) is 5.76 Å². The number of rotatable bonds is 4. The molecule has 0 saturated heterocycles. The normalized spacial score (nSPS) is 11.7. The number of aromatic carboxylic acids is 1. The van der Waals surface area contributed by atoms with Crippen LogP contribution in [0, 0.1) is 12.3 Å². The summed E-state index contributed by atoms with van der Waals surface area (Å²) in [5.74, 6) is 1.71. The highest BCUT2D eigenvalue weighted by atomic mass is 16.4. The van der Waals surface area contributed by atoms with E-state index in [-0.39, 0.29) is 11.8 Å². The maximum absolute atomic E-state index is 10.5. The van der Waals surface area contributed by atoms with E-state index in [0.29, 0.717) is 5.88 Å². The molecular weight excluding hydrogens is 182 g/mol. The fraction of sp³-hybridized carbons (Fsp3) is 0.300. The van der Waals surface area contributed by atoms with E-state index in [1.165, 1.54) is 6.07 Å². The molecule has 14 heavy (non-hydrogen) atoms. The van der Waals surface area contributed by atoms with Gasteiger partial charge in [0.15, 0.2) is 5.88 Å². The number of hydrogen-bond donors (Lipinski definition) is 2. The second-order valence-electron chi connectivity index (χ2n) is 2.74. The molecule has 0 aliphatic rings. The van der Waals surface area contributed by atoms with Crippen LogP contribution >= 0.6 is 0 Å². The van der Waals surface area contributed by atoms with Crippen molar-refractivity contribution in [3.05, 3.63) is 17.9 Å². The van der Waals surface area contributed by atoms with Crippen LogP contribution in [0.15, 0.2) is 16.5 Å². The van der Waals surface area contributed by atoms with Crippen LogP contribution in [-0.4, -0.2) is 17.1 Å². The molecule has 0 spiro atoms. The Bertz CT molecular complexity index is 362. The van der Waals surface area contributed by atoms with Gasteiger partial charge in [-0.15, -0.1) is 6.42 Å². The van der Waals surface area contributed by atoms with Gasteiger partial charge in [0.1, 0.15) is 0 Å². The third-order valence-corrected chi connectivity index (χ3v) is 1.74. The Morgan fingerprint density at radius 1 is 1.79 bits per heavy atom. The summed E-state index contributed by atoms with van der Waals surface area (Å²) in [6.07, 6.45) is 5.98. The lowest BCUT2D eigenvalue weighted by Crippen LogP contribution is -2.14. The van der Waals surface area contributed by atoms with E-state index in [1.54, 1.807) is 6.07 Å². The fourth-order valence-electron chi connectivity index (χ4n) is 0.964. The lowest BCUT2D eigenvalue weighted by atomic mass is 10.2. The van der Waals surface area contributed by atoms with Gasteiger partial charge in [0, 0.05) is 6.07 Å². The van der Waals surface area contributed by atoms with Gasteiger partial charge in [0.25, 0.3) is 0 Å². The molecule has 2 N–H and O–H groups in total. The van der Waals surface area contributed by atoms with Crippen LogP contribution in [0.25, 0.3) is 0 Å². The lowest BCUT2D eigenvalue weighted by molar-refractivity contribution is 0.0663. The summed E-state index contributed by atoms with van der Waals surface area (Å²) < 4.78 is 4.97. The molecule has 0 fully saturated rings. The monoisotopic (exact) mass is 193 g/mol. The van der Waals surface area contributed by atoms with E-state index in [9.17, 15) is 4.79 Å². The number of carbonyl (C=O) groups is 1. The molecule has 0 aromatic carbocycles. The zero-order valence-electron chi connectivity index (χ0n) is 7.78. The minimum absolute atomic E-state index is 0.0978. The maximum Gasteiger partial charge on any atom is 0.371 e. The quantitative estimate of drug-likeness (QED) is 0.716. The molecule has 74 valence electrons. The van der Waals surface area contributed by atoms with Crippen LogP contribution in [0.2, 0.25) is 0 Å². The summed E-state index contributed by atoms with van der Waals surface area (Å²) in [5, 5.41) is 11.5. The molecule has 4 nitrogen and oxygen atoms in total. The largest absolute Gasteiger partial charge is 0.475 e. The van der Waals surface area contributed by atoms with Crippen molar-refractivity contribution >= 4 is 11.9 Å². The van der Waals surface area contributed by atoms with Crippen LogP contribution in [0.5, 0.6) is 0 Å². The molecule has 1 heterocycles. The number of nitrogens with one attached hydrogen (secondary N) is 1. The topological polar surface area (TPSA) is 62.5 Å². The summed E-state index contributed by atoms with van der Waals surface area (Å²) in [4.78, 5) is 10.5. The third kappa shape index (κ3) is 2.30. The van der Waals surface area contributed by atoms with Gasteiger partial charge in [-0.3, -0.25) is 0 Å². The highest BCUT2D eigenvalue weighted by molar-refractivity contribution is 5.84. The van der Waals surface area contributed by atoms with Crippen molar-refractivity contribution < 1.29 is 14.3 Å². The smallest absolute Gasteiger partial charge is 0.371 e. The maximum atomic E-state index is 10.5. The van der Waals surface area contributed by atoms with Gasteiger partial charge in [-0.1, -0.05) is 12.8 Å². The highest BCUT2D eigenvalue weighted by Gasteiger charge is 2.10. The number of anilines is 1. The molecule has 0 radical (unpaired) electrons. The van der Waals surface area contributed by atoms with Crippen LogP contribution in [0.3, 0.4) is 0 Å². The van der Waals surface area contributed by atoms with E-state index < -0.39 is 5.97 Å². The predicted octanol–water partition coefficient (Wildman–Crippen LogP) is 1.80. The number of furan rings is 1. The second-order valence-corrected chi connectivity index (χ2v) is 2.74. The Morgan fingerprint density at radius 3 is 2.93 bits per heavy atom. The van der Waals surface area contributed by atoms with E-state index in [0.717, 1.165) is 6.42 Å². The van der Waals surface area contributed by atoms with Crippen molar-refractivity contribution in [2.75, 3.05) is 5.32 Å². The molecule has 4 heteroatoms. The first-order valence-corrected chi connectivity index (χ1v) is 4.23. The first-order valence-electron chi connectivity index (χ1n) is 4.23. The number of terminal acetylenes is 1. The summed E-state index contributed by atoms with van der Waals surface area (Å²) in [7, 11) is 0. The van der Waals surface area contributed by atoms with Crippen molar-refractivity contribution in [2.45, 2.75) is 19.4 Å². The van der Waals surface area contributed by atoms with Crippen molar-refractivity contribution in [1.29, 1.82) is 0 Å². The molecule has 1 aromatic rings. The van der Waals surface area contributed by atoms with Gasteiger partial charge < -0.3 is 14.8 Å². The number of carboxylic acids is 1. The van der Waals surface area contributed by atoms with Gasteiger partial charge in [-0.25, -0.2) is 4.79 Å². The average Bonchev–Trinajstić information content (AvgIpc) is 2.62. The molecule has 1 rings (SSSR count). The van der Waals surface area contributed by atoms with Crippen LogP contribution in [-0.2, 0) is 0 Å². The van der Waals surface area contributed by atoms with E-state index in [1.807, 2.05) is 6.92 Å². The highest BCUT2D eigenvalue weighted by Crippen LogP contribution is 2.14. The molecule has 0 aliphatic heterocycles. The van der Waals surface area contributed by atoms with Crippen molar-refractivity contribution in [3.63, 3.8) is 0 Å². The van der Waals surface area contributed by atoms with Crippen LogP contribution < -0.4 is 5.32 Å². The third-order valence-electron chi connectivity index (χ3n) is 1.74. The zero-order chi connectivity index (χ0) is 10.6. The van der Waals surface area contributed by atoms with E-state index in [4.69, 9.17) is 15.9 Å². The standard InChI is InChI=1S/C10H11NO3/c1-3-7(4-2)11-9-6-5-8(14-9)10(12)13/h1,5-7,11H,4H2,2H3,(H,12,13). The Morgan fingerprint density at radius 2 is 2.50 bits per heavy atom. The number of hydrogen-bond acceptors (Lipinski definition) is 3. The van der Waals surface area contributed by atoms with Gasteiger partial charge in [-0.2, -0.15) is 0 Å². The minimum atomic E-state index is -1.09. The van der Waals surface area contributed by atoms with Crippen molar-refractivity contribution in [1.82, 2.24) is 0 Å². The fourth-order valence-corrected chi connectivity index (χ4v) is 0.964. The first kappa shape index (κ1) is 10.2. The average molecular weight is 193 g/mol. The number of carboxylic acid groups (broad SMARTS) is 1. The van der Waals surface area contributed by atoms with Gasteiger partial charge in [0.05, 0.1) is 6.04 Å². The molecular formula is C10H11NO3. The Kier molecular flexibility index (Phi) is 3.19. The van der Waals surface area contributed by atoms with Gasteiger partial charge >= 0.3 is 5.97 Å². The summed E-state index contributed by atoms with van der Waals surface area (Å²) >= 11 is 0. The minimum Gasteiger partial charge on any atom is -0.475 e. The zero-order valence-corrected chi connectivity index (χ0v) is 7.78. The van der Waals surface area contributed by atoms with E-state index in [2.05, 4.69) is 11.2 Å². The van der Waals surface area contributed by atoms with Crippen molar-refractivity contribution in [2.24, 2.45) is 0 Å². The lowest BCUT2D eigenvalue weighted by Gasteiger charge is -2.08. The van der Waals surface area contributed by atoms with E-state index >= 15 is 0 Å². The molecule has 0 amide bonds. The Hall–Kier alpha value is -1.89. The Labute approximate surface area is 81.9 Å².